The van der Waals surface area contributed by atoms with E-state index < -0.39 is 0 Å². The van der Waals surface area contributed by atoms with Crippen molar-refractivity contribution >= 4 is 28.3 Å². The Morgan fingerprint density at radius 2 is 2.12 bits per heavy atom. The highest BCUT2D eigenvalue weighted by Gasteiger charge is 2.28. The summed E-state index contributed by atoms with van der Waals surface area (Å²) in [5.41, 5.74) is 2.35. The minimum atomic E-state index is -0.347. The first-order valence-corrected chi connectivity index (χ1v) is 9.24. The number of nitriles is 1. The summed E-state index contributed by atoms with van der Waals surface area (Å²) in [6, 6.07) is 11.7. The van der Waals surface area contributed by atoms with Crippen molar-refractivity contribution < 1.29 is 14.3 Å². The average molecular weight is 369 g/mol. The number of rotatable bonds is 4. The predicted molar refractivity (Wildman–Crippen MR) is 98.9 cm³/mol. The molecule has 1 aromatic heterocycles. The lowest BCUT2D eigenvalue weighted by atomic mass is 10.0. The first-order chi connectivity index (χ1) is 12.6. The third kappa shape index (κ3) is 3.86. The number of nitrogens with one attached hydrogen (secondary N) is 1. The van der Waals surface area contributed by atoms with Gasteiger partial charge in [0.05, 0.1) is 25.1 Å². The van der Waals surface area contributed by atoms with Crippen molar-refractivity contribution in [3.8, 4) is 6.07 Å². The fraction of sp³-hybridized carbons (Fsp3) is 0.316. The second-order valence-corrected chi connectivity index (χ2v) is 7.01. The van der Waals surface area contributed by atoms with Crippen molar-refractivity contribution in [2.75, 3.05) is 18.5 Å². The quantitative estimate of drug-likeness (QED) is 0.896. The summed E-state index contributed by atoms with van der Waals surface area (Å²) < 4.78 is 5.05. The highest BCUT2D eigenvalue weighted by atomic mass is 32.1. The van der Waals surface area contributed by atoms with Crippen LogP contribution in [0, 0.1) is 11.3 Å². The van der Waals surface area contributed by atoms with E-state index in [1.807, 2.05) is 30.3 Å². The summed E-state index contributed by atoms with van der Waals surface area (Å²) in [5.74, 6) is -0.159. The van der Waals surface area contributed by atoms with E-state index in [2.05, 4.69) is 11.4 Å². The molecule has 0 unspecified atom stereocenters. The molecule has 2 aromatic rings. The monoisotopic (exact) mass is 369 g/mol. The average Bonchev–Trinajstić information content (AvgIpc) is 2.98. The molecule has 0 fully saturated rings. The molecule has 0 radical (unpaired) electrons. The summed E-state index contributed by atoms with van der Waals surface area (Å²) in [5, 5.41) is 12.9. The number of carbonyl (C=O) groups is 2. The zero-order chi connectivity index (χ0) is 18.5. The molecule has 0 atom stereocenters. The van der Waals surface area contributed by atoms with Gasteiger partial charge in [0, 0.05) is 11.4 Å². The van der Waals surface area contributed by atoms with Crippen LogP contribution in [0.1, 0.15) is 28.5 Å². The molecule has 0 spiro atoms. The van der Waals surface area contributed by atoms with E-state index in [9.17, 15) is 14.9 Å². The number of carbonyl (C=O) groups excluding carboxylic acids is 2. The van der Waals surface area contributed by atoms with E-state index in [4.69, 9.17) is 4.74 Å². The molecule has 134 valence electrons. The van der Waals surface area contributed by atoms with Crippen LogP contribution in [0.5, 0.6) is 0 Å². The molecule has 0 aliphatic carbocycles. The zero-order valence-electron chi connectivity index (χ0n) is 14.4. The Bertz CT molecular complexity index is 855. The zero-order valence-corrected chi connectivity index (χ0v) is 15.3. The van der Waals surface area contributed by atoms with Crippen LogP contribution in [0.25, 0.3) is 0 Å². The van der Waals surface area contributed by atoms with Crippen molar-refractivity contribution in [1.82, 2.24) is 4.90 Å². The number of ether oxygens (including phenoxy) is 1. The molecule has 2 amide bonds. The smallest absolute Gasteiger partial charge is 0.410 e. The van der Waals surface area contributed by atoms with Gasteiger partial charge in [-0.05, 0) is 24.5 Å². The number of hydrogen-bond acceptors (Lipinski definition) is 5. The molecule has 2 heterocycles. The number of hydrogen-bond donors (Lipinski definition) is 1. The fourth-order valence-electron chi connectivity index (χ4n) is 2.93. The van der Waals surface area contributed by atoms with Crippen LogP contribution in [-0.4, -0.2) is 30.1 Å². The van der Waals surface area contributed by atoms with Crippen LogP contribution in [0.3, 0.4) is 0 Å². The van der Waals surface area contributed by atoms with Gasteiger partial charge in [-0.15, -0.1) is 11.3 Å². The first-order valence-electron chi connectivity index (χ1n) is 8.42. The number of amides is 2. The van der Waals surface area contributed by atoms with Gasteiger partial charge in [-0.1, -0.05) is 30.3 Å². The van der Waals surface area contributed by atoms with Crippen LogP contribution in [0.2, 0.25) is 0 Å². The van der Waals surface area contributed by atoms with Crippen molar-refractivity contribution in [3.63, 3.8) is 0 Å². The molecule has 0 bridgehead atoms. The van der Waals surface area contributed by atoms with E-state index in [-0.39, 0.29) is 18.4 Å². The Morgan fingerprint density at radius 3 is 2.81 bits per heavy atom. The van der Waals surface area contributed by atoms with Gasteiger partial charge in [-0.25, -0.2) is 4.79 Å². The Labute approximate surface area is 156 Å². The maximum absolute atomic E-state index is 12.3. The van der Waals surface area contributed by atoms with Gasteiger partial charge in [-0.3, -0.25) is 4.79 Å². The number of anilines is 1. The van der Waals surface area contributed by atoms with Gasteiger partial charge < -0.3 is 15.0 Å². The van der Waals surface area contributed by atoms with Crippen LogP contribution in [0.15, 0.2) is 30.3 Å². The summed E-state index contributed by atoms with van der Waals surface area (Å²) in [7, 11) is 0. The molecule has 7 heteroatoms. The van der Waals surface area contributed by atoms with Crippen molar-refractivity contribution in [3.05, 3.63) is 51.9 Å². The molecule has 0 saturated heterocycles. The lowest BCUT2D eigenvalue weighted by Crippen LogP contribution is -2.35. The van der Waals surface area contributed by atoms with E-state index in [0.29, 0.717) is 36.7 Å². The third-order valence-corrected chi connectivity index (χ3v) is 5.29. The number of thiophene rings is 1. The molecule has 1 aliphatic heterocycles. The van der Waals surface area contributed by atoms with Gasteiger partial charge in [0.1, 0.15) is 11.1 Å². The highest BCUT2D eigenvalue weighted by Crippen LogP contribution is 2.36. The molecule has 0 saturated carbocycles. The molecular formula is C19H19N3O3S. The van der Waals surface area contributed by atoms with Crippen LogP contribution in [0.4, 0.5) is 9.80 Å². The Hall–Kier alpha value is -2.85. The summed E-state index contributed by atoms with van der Waals surface area (Å²) >= 11 is 1.36. The fourth-order valence-corrected chi connectivity index (χ4v) is 4.16. The Kier molecular flexibility index (Phi) is 5.54. The molecule has 26 heavy (non-hydrogen) atoms. The maximum atomic E-state index is 12.3. The van der Waals surface area contributed by atoms with E-state index in [1.54, 1.807) is 11.8 Å². The number of fused-ring (bicyclic) bond motifs is 1. The number of nitrogens with zero attached hydrogens (tertiary/aromatic N) is 2. The second kappa shape index (κ2) is 8.02. The molecule has 1 aliphatic rings. The topological polar surface area (TPSA) is 82.4 Å². The second-order valence-electron chi connectivity index (χ2n) is 5.90. The van der Waals surface area contributed by atoms with Crippen LogP contribution >= 0.6 is 11.3 Å². The van der Waals surface area contributed by atoms with Crippen molar-refractivity contribution in [2.24, 2.45) is 0 Å². The Morgan fingerprint density at radius 1 is 1.35 bits per heavy atom. The highest BCUT2D eigenvalue weighted by molar-refractivity contribution is 7.16. The van der Waals surface area contributed by atoms with Gasteiger partial charge in [-0.2, -0.15) is 5.26 Å². The van der Waals surface area contributed by atoms with Gasteiger partial charge in [0.15, 0.2) is 0 Å². The summed E-state index contributed by atoms with van der Waals surface area (Å²) in [6.45, 7) is 3.01. The molecule has 3 rings (SSSR count). The largest absolute Gasteiger partial charge is 0.450 e. The van der Waals surface area contributed by atoms with Crippen molar-refractivity contribution in [2.45, 2.75) is 26.3 Å². The third-order valence-electron chi connectivity index (χ3n) is 4.16. The first kappa shape index (κ1) is 18.0. The molecule has 1 aromatic carbocycles. The van der Waals surface area contributed by atoms with Gasteiger partial charge in [0.2, 0.25) is 5.91 Å². The predicted octanol–water partition coefficient (Wildman–Crippen LogP) is 3.32. The van der Waals surface area contributed by atoms with E-state index >= 15 is 0 Å². The van der Waals surface area contributed by atoms with E-state index in [0.717, 1.165) is 16.0 Å². The van der Waals surface area contributed by atoms with Crippen LogP contribution in [-0.2, 0) is 28.9 Å². The number of benzene rings is 1. The molecular weight excluding hydrogens is 350 g/mol. The van der Waals surface area contributed by atoms with Crippen molar-refractivity contribution in [1.29, 1.82) is 5.26 Å². The Balaban J connectivity index is 1.74. The summed E-state index contributed by atoms with van der Waals surface area (Å²) in [4.78, 5) is 26.8. The van der Waals surface area contributed by atoms with E-state index in [1.165, 1.54) is 11.3 Å². The molecule has 1 N–H and O–H groups in total. The van der Waals surface area contributed by atoms with Crippen LogP contribution < -0.4 is 5.32 Å². The summed E-state index contributed by atoms with van der Waals surface area (Å²) in [6.07, 6.45) is 0.491. The standard InChI is InChI=1S/C19H19N3O3S/c1-2-25-19(24)22-9-8-14-15(11-20)18(26-16(14)12-22)21-17(23)10-13-6-4-3-5-7-13/h3-7H,2,8-10,12H2,1H3,(H,21,23). The lowest BCUT2D eigenvalue weighted by molar-refractivity contribution is -0.115. The van der Waals surface area contributed by atoms with Gasteiger partial charge in [0.25, 0.3) is 0 Å². The lowest BCUT2D eigenvalue weighted by Gasteiger charge is -2.25. The minimum Gasteiger partial charge on any atom is -0.450 e. The minimum absolute atomic E-state index is 0.159. The van der Waals surface area contributed by atoms with Gasteiger partial charge >= 0.3 is 6.09 Å². The molecule has 6 nitrogen and oxygen atoms in total. The SMILES string of the molecule is CCOC(=O)N1CCc2c(sc(NC(=O)Cc3ccccc3)c2C#N)C1. The normalized spacial score (nSPS) is 12.8. The maximum Gasteiger partial charge on any atom is 0.410 e.